The lowest BCUT2D eigenvalue weighted by molar-refractivity contribution is -0.116. The average molecular weight is 326 g/mol. The molecule has 0 saturated carbocycles. The Hall–Kier alpha value is -0.980. The third kappa shape index (κ3) is 6.54. The fraction of sp³-hybridized carbons (Fsp3) is 0.467. The first kappa shape index (κ1) is 18.1. The normalized spacial score (nSPS) is 12.0. The van der Waals surface area contributed by atoms with E-state index in [1.165, 1.54) is 0 Å². The highest BCUT2D eigenvalue weighted by Crippen LogP contribution is 2.35. The highest BCUT2D eigenvalue weighted by molar-refractivity contribution is 8.78. The molecule has 0 unspecified atom stereocenters. The highest BCUT2D eigenvalue weighted by Gasteiger charge is 2.12. The number of aliphatic hydroxyl groups excluding tert-OH is 1. The Kier molecular flexibility index (Phi) is 9.21. The van der Waals surface area contributed by atoms with Crippen LogP contribution in [-0.2, 0) is 11.3 Å². The summed E-state index contributed by atoms with van der Waals surface area (Å²) in [4.78, 5) is 18.2. The Morgan fingerprint density at radius 1 is 1.52 bits per heavy atom. The summed E-state index contributed by atoms with van der Waals surface area (Å²) in [6, 6.07) is 3.80. The summed E-state index contributed by atoms with van der Waals surface area (Å²) < 4.78 is 0. The van der Waals surface area contributed by atoms with Gasteiger partial charge < -0.3 is 10.0 Å². The van der Waals surface area contributed by atoms with Gasteiger partial charge in [0.15, 0.2) is 0 Å². The predicted octanol–water partition coefficient (Wildman–Crippen LogP) is 3.45. The maximum Gasteiger partial charge on any atom is 0.214 e. The number of rotatable bonds is 10. The van der Waals surface area contributed by atoms with Crippen molar-refractivity contribution in [1.29, 1.82) is 0 Å². The molecule has 1 aromatic heterocycles. The smallest absolute Gasteiger partial charge is 0.214 e. The molecule has 0 aliphatic rings. The van der Waals surface area contributed by atoms with Crippen LogP contribution < -0.4 is 0 Å². The molecule has 0 atom stereocenters. The fourth-order valence-electron chi connectivity index (χ4n) is 1.66. The molecular formula is C15H22N2O2S2. The largest absolute Gasteiger partial charge is 0.396 e. The molecule has 1 heterocycles. The summed E-state index contributed by atoms with van der Waals surface area (Å²) in [5.41, 5.74) is 1.88. The minimum absolute atomic E-state index is 0.0892. The summed E-state index contributed by atoms with van der Waals surface area (Å²) in [6.07, 6.45) is 5.99. The molecule has 0 radical (unpaired) electrons. The van der Waals surface area contributed by atoms with Crippen LogP contribution in [-0.4, -0.2) is 33.8 Å². The number of aromatic nitrogens is 1. The van der Waals surface area contributed by atoms with Crippen LogP contribution >= 0.6 is 21.6 Å². The predicted molar refractivity (Wildman–Crippen MR) is 90.6 cm³/mol. The van der Waals surface area contributed by atoms with E-state index in [4.69, 9.17) is 0 Å². The van der Waals surface area contributed by atoms with E-state index in [0.717, 1.165) is 34.7 Å². The first-order valence-electron chi connectivity index (χ1n) is 6.93. The van der Waals surface area contributed by atoms with Gasteiger partial charge in [0, 0.05) is 41.8 Å². The minimum Gasteiger partial charge on any atom is -0.396 e. The quantitative estimate of drug-likeness (QED) is 0.405. The van der Waals surface area contributed by atoms with Gasteiger partial charge in [0.25, 0.3) is 0 Å². The molecule has 0 fully saturated rings. The van der Waals surface area contributed by atoms with Crippen LogP contribution in [0.5, 0.6) is 0 Å². The van der Waals surface area contributed by atoms with Crippen molar-refractivity contribution in [3.8, 4) is 0 Å². The van der Waals surface area contributed by atoms with Crippen LogP contribution in [0.25, 0.3) is 0 Å². The highest BCUT2D eigenvalue weighted by atomic mass is 33.1. The number of hydrogen-bond acceptors (Lipinski definition) is 5. The summed E-state index contributed by atoms with van der Waals surface area (Å²) in [5, 5.41) is 9.21. The van der Waals surface area contributed by atoms with Gasteiger partial charge in [0.1, 0.15) is 0 Å². The number of allylic oxidation sites excluding steroid dienone is 1. The van der Waals surface area contributed by atoms with Gasteiger partial charge in [0.05, 0.1) is 6.54 Å². The number of carbonyl (C=O) groups is 1. The second-order valence-corrected chi connectivity index (χ2v) is 6.99. The number of amides is 1. The van der Waals surface area contributed by atoms with Gasteiger partial charge >= 0.3 is 0 Å². The molecule has 0 bridgehead atoms. The molecule has 0 aliphatic carbocycles. The third-order valence-corrected chi connectivity index (χ3v) is 5.67. The van der Waals surface area contributed by atoms with Crippen molar-refractivity contribution in [1.82, 2.24) is 9.88 Å². The molecule has 0 aliphatic heterocycles. The van der Waals surface area contributed by atoms with Crippen LogP contribution in [0.3, 0.4) is 0 Å². The molecule has 0 spiro atoms. The van der Waals surface area contributed by atoms with Crippen LogP contribution in [0.15, 0.2) is 35.1 Å². The van der Waals surface area contributed by atoms with E-state index in [-0.39, 0.29) is 6.61 Å². The van der Waals surface area contributed by atoms with Crippen LogP contribution in [0.1, 0.15) is 32.3 Å². The van der Waals surface area contributed by atoms with Crippen molar-refractivity contribution in [2.75, 3.05) is 12.4 Å². The Labute approximate surface area is 134 Å². The molecule has 0 aromatic carbocycles. The van der Waals surface area contributed by atoms with Crippen molar-refractivity contribution in [2.24, 2.45) is 0 Å². The molecule has 1 aromatic rings. The van der Waals surface area contributed by atoms with Crippen molar-refractivity contribution in [3.63, 3.8) is 0 Å². The van der Waals surface area contributed by atoms with Crippen molar-refractivity contribution < 1.29 is 9.90 Å². The van der Waals surface area contributed by atoms with Crippen LogP contribution in [0.2, 0.25) is 0 Å². The molecule has 116 valence electrons. The lowest BCUT2D eigenvalue weighted by Crippen LogP contribution is -2.20. The number of aliphatic hydroxyl groups is 1. The van der Waals surface area contributed by atoms with E-state index < -0.39 is 0 Å². The zero-order valence-corrected chi connectivity index (χ0v) is 14.1. The maximum absolute atomic E-state index is 11.4. The molecule has 0 saturated heterocycles. The van der Waals surface area contributed by atoms with Gasteiger partial charge in [-0.05, 0) is 25.0 Å². The Balaban J connectivity index is 2.81. The molecule has 1 N–H and O–H groups in total. The van der Waals surface area contributed by atoms with Gasteiger partial charge in [0.2, 0.25) is 6.41 Å². The van der Waals surface area contributed by atoms with Crippen LogP contribution in [0, 0.1) is 0 Å². The van der Waals surface area contributed by atoms with Gasteiger partial charge in [-0.3, -0.25) is 9.78 Å². The van der Waals surface area contributed by atoms with Crippen molar-refractivity contribution >= 4 is 28.0 Å². The first-order valence-corrected chi connectivity index (χ1v) is 9.25. The van der Waals surface area contributed by atoms with Gasteiger partial charge in [-0.25, -0.2) is 0 Å². The lowest BCUT2D eigenvalue weighted by atomic mass is 10.2. The molecule has 21 heavy (non-hydrogen) atoms. The summed E-state index contributed by atoms with van der Waals surface area (Å²) in [7, 11) is 3.41. The molecular weight excluding hydrogens is 304 g/mol. The van der Waals surface area contributed by atoms with Gasteiger partial charge in [-0.2, -0.15) is 0 Å². The second-order valence-electron chi connectivity index (χ2n) is 4.48. The van der Waals surface area contributed by atoms with E-state index in [1.807, 2.05) is 19.1 Å². The van der Waals surface area contributed by atoms with E-state index in [2.05, 4.69) is 11.9 Å². The number of hydrogen-bond donors (Lipinski definition) is 1. The van der Waals surface area contributed by atoms with Crippen molar-refractivity contribution in [3.05, 3.63) is 40.7 Å². The lowest BCUT2D eigenvalue weighted by Gasteiger charge is -2.21. The van der Waals surface area contributed by atoms with E-state index in [0.29, 0.717) is 13.0 Å². The second kappa shape index (κ2) is 10.7. The standard InChI is InChI=1S/C15H22N2O2S2/c1-3-9-20-21-15(6-8-18)13(2)17(12-19)11-14-5-4-7-16-10-14/h4-5,7,10,12,18H,3,6,8-9,11H2,1-2H3/b15-13-. The Bertz CT molecular complexity index is 452. The van der Waals surface area contributed by atoms with E-state index >= 15 is 0 Å². The monoisotopic (exact) mass is 326 g/mol. The number of nitrogens with zero attached hydrogens (tertiary/aromatic N) is 2. The summed E-state index contributed by atoms with van der Waals surface area (Å²) >= 11 is 0. The third-order valence-electron chi connectivity index (χ3n) is 2.82. The maximum atomic E-state index is 11.4. The topological polar surface area (TPSA) is 53.4 Å². The van der Waals surface area contributed by atoms with E-state index in [1.54, 1.807) is 38.9 Å². The summed E-state index contributed by atoms with van der Waals surface area (Å²) in [5.74, 6) is 1.05. The summed E-state index contributed by atoms with van der Waals surface area (Å²) in [6.45, 7) is 4.65. The SMILES string of the molecule is CCCSS/C(CCO)=C(/C)N(C=O)Cc1cccnc1. The number of carbonyl (C=O) groups excluding carboxylic acids is 1. The van der Waals surface area contributed by atoms with Gasteiger partial charge in [-0.1, -0.05) is 34.6 Å². The zero-order valence-electron chi connectivity index (χ0n) is 12.5. The number of pyridine rings is 1. The molecule has 4 nitrogen and oxygen atoms in total. The molecule has 6 heteroatoms. The Morgan fingerprint density at radius 3 is 2.90 bits per heavy atom. The van der Waals surface area contributed by atoms with E-state index in [9.17, 15) is 9.90 Å². The van der Waals surface area contributed by atoms with Crippen molar-refractivity contribution in [2.45, 2.75) is 33.2 Å². The average Bonchev–Trinajstić information content (AvgIpc) is 2.52. The zero-order chi connectivity index (χ0) is 15.5. The van der Waals surface area contributed by atoms with Gasteiger partial charge in [-0.15, -0.1) is 0 Å². The minimum atomic E-state index is 0.0892. The Morgan fingerprint density at radius 2 is 2.33 bits per heavy atom. The fourth-order valence-corrected chi connectivity index (χ4v) is 4.26. The first-order chi connectivity index (χ1) is 10.2. The molecule has 1 amide bonds. The van der Waals surface area contributed by atoms with Crippen LogP contribution in [0.4, 0.5) is 0 Å². The molecule has 1 rings (SSSR count).